The van der Waals surface area contributed by atoms with Crippen molar-refractivity contribution in [2.75, 3.05) is 29.2 Å². The fourth-order valence-corrected chi connectivity index (χ4v) is 2.83. The molecule has 0 saturated heterocycles. The molecule has 0 fully saturated rings. The van der Waals surface area contributed by atoms with Gasteiger partial charge in [-0.2, -0.15) is 0 Å². The molecule has 0 spiro atoms. The molecule has 0 aliphatic rings. The summed E-state index contributed by atoms with van der Waals surface area (Å²) in [7, 11) is 0. The van der Waals surface area contributed by atoms with E-state index in [1.807, 2.05) is 56.3 Å². The topological polar surface area (TPSA) is 88.7 Å². The first-order valence-electron chi connectivity index (χ1n) is 10.0. The smallest absolute Gasteiger partial charge is 0.314 e. The second kappa shape index (κ2) is 10.7. The van der Waals surface area contributed by atoms with Gasteiger partial charge in [0.25, 0.3) is 0 Å². The first-order chi connectivity index (χ1) is 15.1. The minimum Gasteiger partial charge on any atom is -0.490 e. The second-order valence-electron chi connectivity index (χ2n) is 6.50. The maximum atomic E-state index is 12.3. The minimum atomic E-state index is -0.780. The number of para-hydroxylation sites is 1. The molecule has 0 bridgehead atoms. The first-order valence-corrected chi connectivity index (χ1v) is 10.0. The Hall–Kier alpha value is -4.00. The lowest BCUT2D eigenvalue weighted by molar-refractivity contribution is -0.132. The molecule has 0 saturated carbocycles. The summed E-state index contributed by atoms with van der Waals surface area (Å²) in [5.41, 5.74) is 2.78. The number of anilines is 4. The molecule has 0 radical (unpaired) electrons. The van der Waals surface area contributed by atoms with E-state index in [9.17, 15) is 9.59 Å². The van der Waals surface area contributed by atoms with Crippen LogP contribution in [0.25, 0.3) is 0 Å². The highest BCUT2D eigenvalue weighted by molar-refractivity contribution is 6.43. The van der Waals surface area contributed by atoms with Gasteiger partial charge in [0.15, 0.2) is 11.5 Å². The van der Waals surface area contributed by atoms with E-state index in [0.29, 0.717) is 36.1 Å². The molecule has 3 aromatic carbocycles. The Kier molecular flexibility index (Phi) is 7.48. The van der Waals surface area contributed by atoms with Crippen LogP contribution in [-0.4, -0.2) is 25.0 Å². The number of hydrogen-bond donors (Lipinski definition) is 3. The van der Waals surface area contributed by atoms with E-state index in [1.165, 1.54) is 0 Å². The molecule has 3 N–H and O–H groups in total. The lowest BCUT2D eigenvalue weighted by atomic mass is 10.2. The fraction of sp³-hybridized carbons (Fsp3) is 0.167. The Labute approximate surface area is 181 Å². The zero-order valence-corrected chi connectivity index (χ0v) is 17.5. The largest absolute Gasteiger partial charge is 0.490 e. The van der Waals surface area contributed by atoms with E-state index in [2.05, 4.69) is 16.0 Å². The fourth-order valence-electron chi connectivity index (χ4n) is 2.83. The zero-order valence-electron chi connectivity index (χ0n) is 17.5. The highest BCUT2D eigenvalue weighted by Crippen LogP contribution is 2.30. The normalized spacial score (nSPS) is 10.1. The van der Waals surface area contributed by atoms with Crippen molar-refractivity contribution in [3.8, 4) is 11.5 Å². The Morgan fingerprint density at radius 3 is 1.81 bits per heavy atom. The van der Waals surface area contributed by atoms with Crippen LogP contribution >= 0.6 is 0 Å². The summed E-state index contributed by atoms with van der Waals surface area (Å²) < 4.78 is 11.0. The number of carbonyl (C=O) groups excluding carboxylic acids is 2. The van der Waals surface area contributed by atoms with Gasteiger partial charge in [0.2, 0.25) is 0 Å². The third kappa shape index (κ3) is 6.24. The van der Waals surface area contributed by atoms with Gasteiger partial charge in [-0.3, -0.25) is 9.59 Å². The van der Waals surface area contributed by atoms with E-state index in [0.717, 1.165) is 11.4 Å². The Balaban J connectivity index is 1.59. The maximum Gasteiger partial charge on any atom is 0.314 e. The number of hydrogen-bond acceptors (Lipinski definition) is 5. The molecular formula is C24H25N3O4. The van der Waals surface area contributed by atoms with E-state index in [4.69, 9.17) is 9.47 Å². The molecule has 3 rings (SSSR count). The van der Waals surface area contributed by atoms with Crippen molar-refractivity contribution < 1.29 is 19.1 Å². The van der Waals surface area contributed by atoms with Crippen molar-refractivity contribution in [1.82, 2.24) is 0 Å². The summed E-state index contributed by atoms with van der Waals surface area (Å²) >= 11 is 0. The van der Waals surface area contributed by atoms with Gasteiger partial charge in [-0.25, -0.2) is 0 Å². The van der Waals surface area contributed by atoms with Crippen molar-refractivity contribution >= 4 is 34.6 Å². The van der Waals surface area contributed by atoms with Gasteiger partial charge in [0.1, 0.15) is 0 Å². The van der Waals surface area contributed by atoms with Gasteiger partial charge in [-0.1, -0.05) is 18.2 Å². The van der Waals surface area contributed by atoms with Crippen molar-refractivity contribution in [2.24, 2.45) is 0 Å². The molecule has 31 heavy (non-hydrogen) atoms. The van der Waals surface area contributed by atoms with Crippen LogP contribution in [0.3, 0.4) is 0 Å². The van der Waals surface area contributed by atoms with Crippen molar-refractivity contribution in [1.29, 1.82) is 0 Å². The van der Waals surface area contributed by atoms with Crippen LogP contribution in [-0.2, 0) is 9.59 Å². The molecule has 0 heterocycles. The SMILES string of the molecule is CCOc1ccc(NC(=O)C(=O)Nc2ccc(Nc3ccccc3)cc2)cc1OCC. The molecule has 2 amide bonds. The number of rotatable bonds is 8. The van der Waals surface area contributed by atoms with Crippen molar-refractivity contribution in [2.45, 2.75) is 13.8 Å². The lowest BCUT2D eigenvalue weighted by Crippen LogP contribution is -2.29. The third-order valence-corrected chi connectivity index (χ3v) is 4.21. The Morgan fingerprint density at radius 2 is 1.16 bits per heavy atom. The summed E-state index contributed by atoms with van der Waals surface area (Å²) in [6.07, 6.45) is 0. The molecule has 0 aromatic heterocycles. The standard InChI is InChI=1S/C24H25N3O4/c1-3-30-21-15-14-20(16-22(21)31-4-2)27-24(29)23(28)26-19-12-10-18(11-13-19)25-17-8-6-5-7-9-17/h5-16,25H,3-4H2,1-2H3,(H,26,28)(H,27,29). The number of nitrogens with one attached hydrogen (secondary N) is 3. The number of benzene rings is 3. The highest BCUT2D eigenvalue weighted by Gasteiger charge is 2.15. The minimum absolute atomic E-state index is 0.439. The molecule has 0 unspecified atom stereocenters. The third-order valence-electron chi connectivity index (χ3n) is 4.21. The summed E-state index contributed by atoms with van der Waals surface area (Å²) in [5.74, 6) is -0.464. The van der Waals surface area contributed by atoms with Crippen LogP contribution in [0.2, 0.25) is 0 Å². The van der Waals surface area contributed by atoms with Gasteiger partial charge in [-0.15, -0.1) is 0 Å². The van der Waals surface area contributed by atoms with Gasteiger partial charge in [-0.05, 0) is 62.4 Å². The lowest BCUT2D eigenvalue weighted by Gasteiger charge is -2.13. The van der Waals surface area contributed by atoms with Crippen LogP contribution in [0, 0.1) is 0 Å². The van der Waals surface area contributed by atoms with Crippen LogP contribution in [0.1, 0.15) is 13.8 Å². The Bertz CT molecular complexity index is 1020. The average Bonchev–Trinajstić information content (AvgIpc) is 2.78. The molecule has 3 aromatic rings. The summed E-state index contributed by atoms with van der Waals surface area (Å²) in [5, 5.41) is 8.42. The predicted molar refractivity (Wildman–Crippen MR) is 122 cm³/mol. The van der Waals surface area contributed by atoms with E-state index >= 15 is 0 Å². The van der Waals surface area contributed by atoms with Gasteiger partial charge >= 0.3 is 11.8 Å². The monoisotopic (exact) mass is 419 g/mol. The first kappa shape index (κ1) is 21.7. The maximum absolute atomic E-state index is 12.3. The summed E-state index contributed by atoms with van der Waals surface area (Å²) in [4.78, 5) is 24.6. The molecule has 7 heteroatoms. The summed E-state index contributed by atoms with van der Waals surface area (Å²) in [6.45, 7) is 4.68. The molecule has 7 nitrogen and oxygen atoms in total. The van der Waals surface area contributed by atoms with Crippen LogP contribution in [0.5, 0.6) is 11.5 Å². The van der Waals surface area contributed by atoms with Gasteiger partial charge in [0, 0.05) is 28.8 Å². The van der Waals surface area contributed by atoms with E-state index in [1.54, 1.807) is 30.3 Å². The van der Waals surface area contributed by atoms with Gasteiger partial charge < -0.3 is 25.4 Å². The number of amides is 2. The van der Waals surface area contributed by atoms with Gasteiger partial charge in [0.05, 0.1) is 13.2 Å². The van der Waals surface area contributed by atoms with E-state index in [-0.39, 0.29) is 0 Å². The molecule has 0 atom stereocenters. The van der Waals surface area contributed by atoms with Crippen LogP contribution < -0.4 is 25.4 Å². The summed E-state index contributed by atoms with van der Waals surface area (Å²) in [6, 6.07) is 21.8. The van der Waals surface area contributed by atoms with Crippen molar-refractivity contribution in [3.63, 3.8) is 0 Å². The predicted octanol–water partition coefficient (Wildman–Crippen LogP) is 4.80. The van der Waals surface area contributed by atoms with Crippen LogP contribution in [0.15, 0.2) is 72.8 Å². The van der Waals surface area contributed by atoms with Crippen LogP contribution in [0.4, 0.5) is 22.7 Å². The zero-order chi connectivity index (χ0) is 22.1. The molecule has 0 aliphatic heterocycles. The quantitative estimate of drug-likeness (QED) is 0.456. The Morgan fingerprint density at radius 1 is 0.645 bits per heavy atom. The van der Waals surface area contributed by atoms with Crippen molar-refractivity contribution in [3.05, 3.63) is 72.8 Å². The average molecular weight is 419 g/mol. The molecule has 160 valence electrons. The number of ether oxygens (including phenoxy) is 2. The molecule has 0 aliphatic carbocycles. The second-order valence-corrected chi connectivity index (χ2v) is 6.50. The van der Waals surface area contributed by atoms with E-state index < -0.39 is 11.8 Å². The number of carbonyl (C=O) groups is 2. The highest BCUT2D eigenvalue weighted by atomic mass is 16.5. The molecular weight excluding hydrogens is 394 g/mol.